The number of hydrogen-bond donors (Lipinski definition) is 2. The molecule has 1 amide bonds. The summed E-state index contributed by atoms with van der Waals surface area (Å²) in [4.78, 5) is 15.4. The highest BCUT2D eigenvalue weighted by atomic mass is 16.6. The number of ether oxygens (including phenoxy) is 2. The number of carbonyl (C=O) groups is 1. The minimum atomic E-state index is -0.495. The molecule has 6 heteroatoms. The summed E-state index contributed by atoms with van der Waals surface area (Å²) in [5, 5.41) is 15.7. The Balaban J connectivity index is 1.12. The van der Waals surface area contributed by atoms with Crippen molar-refractivity contribution < 1.29 is 19.4 Å². The molecule has 0 aromatic heterocycles. The topological polar surface area (TPSA) is 71.0 Å². The standard InChI is InChI=1S/C33H30N2O4/c36-28-14-13-24-21-35(20-22-7-2-1-3-8-22)18-17-33-16-15-25(19-29(33)39-31(28)30(24)33)38-32(37)34-27-12-6-10-23-9-4-5-11-26(23)27/h1-16,25,29,36H,17-21H2,(H,34,37)/t25-,29-,33-/m0/s1. The molecule has 196 valence electrons. The molecule has 0 radical (unpaired) electrons. The summed E-state index contributed by atoms with van der Waals surface area (Å²) in [5.74, 6) is 0.739. The number of hydrogen-bond acceptors (Lipinski definition) is 5. The molecule has 39 heavy (non-hydrogen) atoms. The number of rotatable bonds is 4. The molecule has 1 aliphatic carbocycles. The molecule has 1 spiro atoms. The van der Waals surface area contributed by atoms with Gasteiger partial charge in [0.25, 0.3) is 0 Å². The lowest BCUT2D eigenvalue weighted by atomic mass is 9.69. The molecular formula is C33H30N2O4. The third-order valence-electron chi connectivity index (χ3n) is 8.35. The maximum absolute atomic E-state index is 12.9. The summed E-state index contributed by atoms with van der Waals surface area (Å²) in [6.07, 6.45) is 4.39. The van der Waals surface area contributed by atoms with Crippen molar-refractivity contribution in [3.8, 4) is 11.5 Å². The van der Waals surface area contributed by atoms with E-state index in [0.29, 0.717) is 12.2 Å². The summed E-state index contributed by atoms with van der Waals surface area (Å²) in [6, 6.07) is 28.0. The first-order valence-corrected chi connectivity index (χ1v) is 13.5. The van der Waals surface area contributed by atoms with E-state index in [1.165, 1.54) is 11.1 Å². The van der Waals surface area contributed by atoms with Crippen LogP contribution in [0.1, 0.15) is 29.5 Å². The third kappa shape index (κ3) is 4.21. The molecular weight excluding hydrogens is 488 g/mol. The van der Waals surface area contributed by atoms with Gasteiger partial charge in [-0.2, -0.15) is 0 Å². The molecule has 4 aromatic carbocycles. The Hall–Kier alpha value is -4.29. The quantitative estimate of drug-likeness (QED) is 0.301. The van der Waals surface area contributed by atoms with Crippen LogP contribution in [0.4, 0.5) is 10.5 Å². The van der Waals surface area contributed by atoms with Gasteiger partial charge in [0.1, 0.15) is 12.2 Å². The van der Waals surface area contributed by atoms with Crippen LogP contribution < -0.4 is 10.1 Å². The van der Waals surface area contributed by atoms with Crippen molar-refractivity contribution in [2.75, 3.05) is 11.9 Å². The van der Waals surface area contributed by atoms with Gasteiger partial charge in [-0.15, -0.1) is 0 Å². The summed E-state index contributed by atoms with van der Waals surface area (Å²) in [6.45, 7) is 2.54. The van der Waals surface area contributed by atoms with Crippen LogP contribution in [-0.4, -0.2) is 34.9 Å². The monoisotopic (exact) mass is 518 g/mol. The number of fused-ring (bicyclic) bond motifs is 1. The number of benzene rings is 4. The van der Waals surface area contributed by atoms with Crippen LogP contribution in [0.25, 0.3) is 10.8 Å². The van der Waals surface area contributed by atoms with Gasteiger partial charge in [0.15, 0.2) is 11.5 Å². The van der Waals surface area contributed by atoms with E-state index in [0.717, 1.165) is 48.1 Å². The van der Waals surface area contributed by atoms with Crippen molar-refractivity contribution in [2.45, 2.75) is 43.6 Å². The summed E-state index contributed by atoms with van der Waals surface area (Å²) in [5.41, 5.74) is 3.90. The second-order valence-corrected chi connectivity index (χ2v) is 10.7. The molecule has 4 aromatic rings. The van der Waals surface area contributed by atoms with Gasteiger partial charge in [-0.05, 0) is 41.1 Å². The molecule has 0 bridgehead atoms. The minimum Gasteiger partial charge on any atom is -0.504 e. The van der Waals surface area contributed by atoms with Gasteiger partial charge in [0.05, 0.1) is 11.1 Å². The molecule has 0 saturated heterocycles. The van der Waals surface area contributed by atoms with Crippen LogP contribution in [0.5, 0.6) is 11.5 Å². The Morgan fingerprint density at radius 1 is 1.03 bits per heavy atom. The average Bonchev–Trinajstić information content (AvgIpc) is 3.21. The Kier molecular flexibility index (Phi) is 5.78. The Morgan fingerprint density at radius 3 is 2.74 bits per heavy atom. The molecule has 3 aliphatic rings. The van der Waals surface area contributed by atoms with E-state index >= 15 is 0 Å². The van der Waals surface area contributed by atoms with Crippen LogP contribution >= 0.6 is 0 Å². The zero-order valence-corrected chi connectivity index (χ0v) is 21.5. The van der Waals surface area contributed by atoms with Gasteiger partial charge < -0.3 is 14.6 Å². The van der Waals surface area contributed by atoms with Crippen molar-refractivity contribution in [1.82, 2.24) is 4.90 Å². The lowest BCUT2D eigenvalue weighted by molar-refractivity contribution is 0.0658. The maximum atomic E-state index is 12.9. The average molecular weight is 519 g/mol. The number of carbonyl (C=O) groups excluding carboxylic acids is 1. The number of anilines is 1. The highest BCUT2D eigenvalue weighted by Gasteiger charge is 2.53. The van der Waals surface area contributed by atoms with Crippen LogP contribution in [0.2, 0.25) is 0 Å². The predicted octanol–water partition coefficient (Wildman–Crippen LogP) is 6.53. The van der Waals surface area contributed by atoms with Crippen molar-refractivity contribution in [3.05, 3.63) is 114 Å². The van der Waals surface area contributed by atoms with Gasteiger partial charge in [0.2, 0.25) is 0 Å². The zero-order chi connectivity index (χ0) is 26.4. The molecule has 3 atom stereocenters. The van der Waals surface area contributed by atoms with E-state index in [-0.39, 0.29) is 17.3 Å². The highest BCUT2D eigenvalue weighted by molar-refractivity contribution is 6.00. The fourth-order valence-corrected chi connectivity index (χ4v) is 6.51. The first-order chi connectivity index (χ1) is 19.1. The first kappa shape index (κ1) is 23.8. The predicted molar refractivity (Wildman–Crippen MR) is 151 cm³/mol. The number of nitrogens with one attached hydrogen (secondary N) is 1. The van der Waals surface area contributed by atoms with Crippen LogP contribution in [0.3, 0.4) is 0 Å². The second-order valence-electron chi connectivity index (χ2n) is 10.7. The number of aromatic hydroxyl groups is 1. The summed E-state index contributed by atoms with van der Waals surface area (Å²) < 4.78 is 12.3. The Labute approximate surface area is 227 Å². The van der Waals surface area contributed by atoms with Gasteiger partial charge >= 0.3 is 6.09 Å². The summed E-state index contributed by atoms with van der Waals surface area (Å²) in [7, 11) is 0. The molecule has 6 nitrogen and oxygen atoms in total. The number of nitrogens with zero attached hydrogens (tertiary/aromatic N) is 1. The molecule has 2 heterocycles. The van der Waals surface area contributed by atoms with E-state index in [4.69, 9.17) is 9.47 Å². The fraction of sp³-hybridized carbons (Fsp3) is 0.242. The smallest absolute Gasteiger partial charge is 0.412 e. The van der Waals surface area contributed by atoms with Crippen molar-refractivity contribution in [1.29, 1.82) is 0 Å². The molecule has 0 saturated carbocycles. The lowest BCUT2D eigenvalue weighted by Crippen LogP contribution is -2.44. The lowest BCUT2D eigenvalue weighted by Gasteiger charge is -2.36. The van der Waals surface area contributed by atoms with E-state index < -0.39 is 12.2 Å². The Morgan fingerprint density at radius 2 is 1.85 bits per heavy atom. The molecule has 0 unspecified atom stereocenters. The maximum Gasteiger partial charge on any atom is 0.412 e. The minimum absolute atomic E-state index is 0.165. The second kappa shape index (κ2) is 9.47. The van der Waals surface area contributed by atoms with Crippen LogP contribution in [-0.2, 0) is 23.2 Å². The normalized spacial score (nSPS) is 23.4. The van der Waals surface area contributed by atoms with Crippen LogP contribution in [0.15, 0.2) is 97.1 Å². The zero-order valence-electron chi connectivity index (χ0n) is 21.5. The largest absolute Gasteiger partial charge is 0.504 e. The van der Waals surface area contributed by atoms with Crippen LogP contribution in [0, 0.1) is 0 Å². The number of phenolic OH excluding ortho intramolecular Hbond substituents is 1. The van der Waals surface area contributed by atoms with Gasteiger partial charge in [-0.25, -0.2) is 4.79 Å². The van der Waals surface area contributed by atoms with Gasteiger partial charge in [-0.1, -0.05) is 78.9 Å². The highest BCUT2D eigenvalue weighted by Crippen LogP contribution is 2.55. The van der Waals surface area contributed by atoms with Crippen molar-refractivity contribution in [3.63, 3.8) is 0 Å². The van der Waals surface area contributed by atoms with Crippen molar-refractivity contribution >= 4 is 22.6 Å². The Bertz CT molecular complexity index is 1580. The van der Waals surface area contributed by atoms with E-state index in [1.807, 2.05) is 60.7 Å². The molecule has 2 N–H and O–H groups in total. The van der Waals surface area contributed by atoms with Crippen molar-refractivity contribution in [2.24, 2.45) is 0 Å². The fourth-order valence-electron chi connectivity index (χ4n) is 6.51. The molecule has 7 rings (SSSR count). The summed E-state index contributed by atoms with van der Waals surface area (Å²) >= 11 is 0. The first-order valence-electron chi connectivity index (χ1n) is 13.5. The van der Waals surface area contributed by atoms with E-state index in [9.17, 15) is 9.90 Å². The van der Waals surface area contributed by atoms with E-state index in [2.05, 4.69) is 40.6 Å². The SMILES string of the molecule is O=C(Nc1cccc2ccccc12)O[C@H]1C=C[C@@]23CCN(Cc4ccccc4)Cc4ccc(O)c(c42)O[C@H]3C1. The van der Waals surface area contributed by atoms with E-state index in [1.54, 1.807) is 6.07 Å². The molecule has 0 fully saturated rings. The molecule has 2 aliphatic heterocycles. The van der Waals surface area contributed by atoms with Gasteiger partial charge in [-0.3, -0.25) is 10.2 Å². The number of phenols is 1. The van der Waals surface area contributed by atoms with Gasteiger partial charge in [0, 0.05) is 37.0 Å². The number of amides is 1. The third-order valence-corrected chi connectivity index (χ3v) is 8.35.